The highest BCUT2D eigenvalue weighted by molar-refractivity contribution is 6.38. The summed E-state index contributed by atoms with van der Waals surface area (Å²) in [6.45, 7) is 4.80. The minimum atomic E-state index is -1.30. The molecule has 0 aromatic heterocycles. The number of likely N-dealkylation sites (tertiary alicyclic amines) is 1. The van der Waals surface area contributed by atoms with Crippen LogP contribution in [0.15, 0.2) is 24.3 Å². The van der Waals surface area contributed by atoms with E-state index in [0.717, 1.165) is 31.8 Å². The summed E-state index contributed by atoms with van der Waals surface area (Å²) in [4.78, 5) is 70.7. The highest BCUT2D eigenvalue weighted by atomic mass is 16.5. The third-order valence-corrected chi connectivity index (χ3v) is 7.61. The molecule has 0 radical (unpaired) electrons. The normalized spacial score (nSPS) is 15.8. The molecule has 1 aliphatic heterocycles. The van der Waals surface area contributed by atoms with E-state index in [1.165, 1.54) is 49.0 Å². The maximum atomic E-state index is 12.5. The highest BCUT2D eigenvalue weighted by Gasteiger charge is 2.36. The lowest BCUT2D eigenvalue weighted by Crippen LogP contribution is -2.54. The number of carboxylic acids is 1. The SMILES string of the molecule is C1CCCCC1.CCCC(NC(=O)C1CCCN1C(=O)CNC=O)C(=O)C(=O)NCC(=O)O.CCc1cccc(OCCCOC)c1. The largest absolute Gasteiger partial charge is 0.493 e. The summed E-state index contributed by atoms with van der Waals surface area (Å²) in [5.41, 5.74) is 1.31. The second-order valence-electron chi connectivity index (χ2n) is 11.4. The molecule has 2 atom stereocenters. The van der Waals surface area contributed by atoms with Gasteiger partial charge in [0.25, 0.3) is 5.91 Å². The van der Waals surface area contributed by atoms with Gasteiger partial charge in [-0.1, -0.05) is 70.9 Å². The number of aliphatic carboxylic acids is 1. The van der Waals surface area contributed by atoms with Gasteiger partial charge in [-0.05, 0) is 43.4 Å². The Morgan fingerprint density at radius 2 is 1.68 bits per heavy atom. The van der Waals surface area contributed by atoms with Crippen LogP contribution in [0.2, 0.25) is 0 Å². The minimum absolute atomic E-state index is 0.193. The molecule has 2 unspecified atom stereocenters. The van der Waals surface area contributed by atoms with Crippen molar-refractivity contribution in [2.45, 2.75) is 103 Å². The molecule has 1 aliphatic carbocycles. The standard InChI is InChI=1S/C16H24N4O7.C12H18O2.C6H12/c1-2-4-10(14(25)16(27)18-8-13(23)24)19-15(26)11-5-3-6-20(11)12(22)7-17-9-21;1-3-11-6-4-7-12(10-11)14-9-5-8-13-2;1-2-4-6-5-3-1/h9-11H,2-8H2,1H3,(H,17,21)(H,18,27)(H,19,26)(H,23,24);4,6-7,10H,3,5,8-9H2,1-2H3;1-6H2. The van der Waals surface area contributed by atoms with Gasteiger partial charge in [0.15, 0.2) is 0 Å². The van der Waals surface area contributed by atoms with Crippen LogP contribution in [0, 0.1) is 0 Å². The molecular weight excluding hydrogens is 608 g/mol. The maximum absolute atomic E-state index is 12.5. The van der Waals surface area contributed by atoms with Crippen molar-refractivity contribution in [3.8, 4) is 5.75 Å². The Labute approximate surface area is 278 Å². The van der Waals surface area contributed by atoms with Crippen LogP contribution < -0.4 is 20.7 Å². The van der Waals surface area contributed by atoms with Crippen LogP contribution in [-0.4, -0.2) is 97.9 Å². The topological polar surface area (TPSA) is 180 Å². The summed E-state index contributed by atoms with van der Waals surface area (Å²) in [6, 6.07) is 6.33. The number of carbonyl (C=O) groups is 6. The average Bonchev–Trinajstić information content (AvgIpc) is 3.59. The van der Waals surface area contributed by atoms with E-state index in [9.17, 15) is 28.8 Å². The molecule has 1 heterocycles. The van der Waals surface area contributed by atoms with Gasteiger partial charge in [-0.3, -0.25) is 28.8 Å². The average molecular weight is 663 g/mol. The van der Waals surface area contributed by atoms with E-state index >= 15 is 0 Å². The molecule has 3 rings (SSSR count). The molecule has 1 saturated heterocycles. The Hall–Kier alpha value is -4.00. The number of carboxylic acid groups (broad SMARTS) is 1. The molecule has 264 valence electrons. The number of carbonyl (C=O) groups excluding carboxylic acids is 5. The smallest absolute Gasteiger partial charge is 0.322 e. The molecule has 13 heteroatoms. The number of nitrogens with zero attached hydrogens (tertiary/aromatic N) is 1. The van der Waals surface area contributed by atoms with Crippen LogP contribution >= 0.6 is 0 Å². The van der Waals surface area contributed by atoms with Crippen molar-refractivity contribution in [3.05, 3.63) is 29.8 Å². The number of benzene rings is 1. The van der Waals surface area contributed by atoms with E-state index in [4.69, 9.17) is 14.6 Å². The third-order valence-electron chi connectivity index (χ3n) is 7.61. The maximum Gasteiger partial charge on any atom is 0.322 e. The van der Waals surface area contributed by atoms with Gasteiger partial charge in [0, 0.05) is 26.7 Å². The van der Waals surface area contributed by atoms with Crippen LogP contribution in [0.1, 0.15) is 90.0 Å². The van der Waals surface area contributed by atoms with Gasteiger partial charge in [-0.15, -0.1) is 0 Å². The fraction of sp³-hybridized carbons (Fsp3) is 0.647. The number of hydrogen-bond acceptors (Lipinski definition) is 8. The number of ketones is 1. The summed E-state index contributed by atoms with van der Waals surface area (Å²) in [5, 5.41) is 15.3. The van der Waals surface area contributed by atoms with Gasteiger partial charge in [-0.25, -0.2) is 0 Å². The minimum Gasteiger partial charge on any atom is -0.493 e. The molecule has 1 aromatic rings. The van der Waals surface area contributed by atoms with Crippen molar-refractivity contribution in [1.29, 1.82) is 0 Å². The van der Waals surface area contributed by atoms with Gasteiger partial charge < -0.3 is 35.4 Å². The molecular formula is C34H54N4O9. The van der Waals surface area contributed by atoms with E-state index in [1.54, 1.807) is 14.0 Å². The number of nitrogens with one attached hydrogen (secondary N) is 3. The fourth-order valence-electron chi connectivity index (χ4n) is 5.10. The number of amides is 4. The fourth-order valence-corrected chi connectivity index (χ4v) is 5.10. The molecule has 2 fully saturated rings. The first kappa shape index (κ1) is 41.0. The lowest BCUT2D eigenvalue weighted by molar-refractivity contribution is -0.143. The zero-order valence-corrected chi connectivity index (χ0v) is 28.2. The Balaban J connectivity index is 0.000000451. The Kier molecular flexibility index (Phi) is 21.9. The van der Waals surface area contributed by atoms with Gasteiger partial charge in [0.2, 0.25) is 24.0 Å². The van der Waals surface area contributed by atoms with Crippen LogP contribution in [0.3, 0.4) is 0 Å². The molecule has 0 spiro atoms. The van der Waals surface area contributed by atoms with Crippen LogP contribution in [0.25, 0.3) is 0 Å². The molecule has 4 amide bonds. The van der Waals surface area contributed by atoms with Crippen LogP contribution in [0.5, 0.6) is 5.75 Å². The number of Topliss-reactive ketones (excluding diaryl/α,β-unsaturated/α-hetero) is 1. The monoisotopic (exact) mass is 662 g/mol. The number of methoxy groups -OCH3 is 1. The molecule has 2 aliphatic rings. The molecule has 0 bridgehead atoms. The van der Waals surface area contributed by atoms with Gasteiger partial charge >= 0.3 is 5.97 Å². The van der Waals surface area contributed by atoms with Crippen molar-refractivity contribution in [1.82, 2.24) is 20.9 Å². The Morgan fingerprint density at radius 1 is 1.00 bits per heavy atom. The second-order valence-corrected chi connectivity index (χ2v) is 11.4. The van der Waals surface area contributed by atoms with Gasteiger partial charge in [-0.2, -0.15) is 0 Å². The first-order chi connectivity index (χ1) is 22.7. The summed E-state index contributed by atoms with van der Waals surface area (Å²) in [7, 11) is 1.71. The number of ether oxygens (including phenoxy) is 2. The van der Waals surface area contributed by atoms with Gasteiger partial charge in [0.05, 0.1) is 19.2 Å². The van der Waals surface area contributed by atoms with Crippen LogP contribution in [-0.2, 0) is 39.9 Å². The zero-order valence-electron chi connectivity index (χ0n) is 28.2. The van der Waals surface area contributed by atoms with E-state index in [0.29, 0.717) is 32.2 Å². The molecule has 1 saturated carbocycles. The van der Waals surface area contributed by atoms with Crippen molar-refractivity contribution in [2.75, 3.05) is 40.0 Å². The summed E-state index contributed by atoms with van der Waals surface area (Å²) >= 11 is 0. The van der Waals surface area contributed by atoms with Crippen molar-refractivity contribution in [2.24, 2.45) is 0 Å². The molecule has 4 N–H and O–H groups in total. The summed E-state index contributed by atoms with van der Waals surface area (Å²) in [6.07, 6.45) is 13.1. The zero-order chi connectivity index (χ0) is 34.9. The first-order valence-corrected chi connectivity index (χ1v) is 16.7. The lowest BCUT2D eigenvalue weighted by atomic mass is 10.0. The Morgan fingerprint density at radius 3 is 2.26 bits per heavy atom. The second kappa shape index (κ2) is 25.1. The molecule has 47 heavy (non-hydrogen) atoms. The summed E-state index contributed by atoms with van der Waals surface area (Å²) < 4.78 is 10.5. The van der Waals surface area contributed by atoms with E-state index < -0.39 is 48.1 Å². The highest BCUT2D eigenvalue weighted by Crippen LogP contribution is 2.18. The van der Waals surface area contributed by atoms with E-state index in [2.05, 4.69) is 29.7 Å². The molecule has 1 aromatic carbocycles. The first-order valence-electron chi connectivity index (χ1n) is 16.7. The van der Waals surface area contributed by atoms with Crippen molar-refractivity contribution >= 4 is 35.9 Å². The summed E-state index contributed by atoms with van der Waals surface area (Å²) in [5.74, 6) is -3.35. The lowest BCUT2D eigenvalue weighted by Gasteiger charge is -2.26. The van der Waals surface area contributed by atoms with Crippen molar-refractivity contribution in [3.63, 3.8) is 0 Å². The van der Waals surface area contributed by atoms with Crippen LogP contribution in [0.4, 0.5) is 0 Å². The predicted molar refractivity (Wildman–Crippen MR) is 177 cm³/mol. The van der Waals surface area contributed by atoms with E-state index in [-0.39, 0.29) is 13.0 Å². The van der Waals surface area contributed by atoms with E-state index in [1.807, 2.05) is 17.4 Å². The van der Waals surface area contributed by atoms with Gasteiger partial charge in [0.1, 0.15) is 18.3 Å². The number of aryl methyl sites for hydroxylation is 1. The Bertz CT molecular complexity index is 1100. The quantitative estimate of drug-likeness (QED) is 0.111. The third kappa shape index (κ3) is 17.5. The number of rotatable bonds is 17. The van der Waals surface area contributed by atoms with Crippen molar-refractivity contribution < 1.29 is 43.3 Å². The predicted octanol–water partition coefficient (Wildman–Crippen LogP) is 2.78. The number of hydrogen-bond donors (Lipinski definition) is 4. The molecule has 13 nitrogen and oxygen atoms in total.